The monoisotopic (exact) mass is 313 g/mol. The first-order chi connectivity index (χ1) is 10.1. The minimum Gasteiger partial charge on any atom is -0.493 e. The van der Waals surface area contributed by atoms with Crippen LogP contribution in [0.4, 0.5) is 0 Å². The second kappa shape index (κ2) is 8.54. The number of carbonyl (C=O) groups is 1. The van der Waals surface area contributed by atoms with E-state index in [1.807, 2.05) is 0 Å². The van der Waals surface area contributed by atoms with Gasteiger partial charge in [0.2, 0.25) is 0 Å². The molecule has 1 unspecified atom stereocenters. The van der Waals surface area contributed by atoms with Crippen molar-refractivity contribution in [3.8, 4) is 11.5 Å². The first-order valence-electron chi connectivity index (χ1n) is 6.51. The summed E-state index contributed by atoms with van der Waals surface area (Å²) < 4.78 is 15.5. The molecular weight excluding hydrogens is 294 g/mol. The average molecular weight is 314 g/mol. The quantitative estimate of drug-likeness (QED) is 0.591. The number of benzene rings is 1. The summed E-state index contributed by atoms with van der Waals surface area (Å²) in [5.41, 5.74) is 0.564. The van der Waals surface area contributed by atoms with Gasteiger partial charge in [0, 0.05) is 12.1 Å². The molecular formula is C15H20ClNO4. The Balaban J connectivity index is 3.23. The van der Waals surface area contributed by atoms with Gasteiger partial charge in [0.25, 0.3) is 0 Å². The first kappa shape index (κ1) is 17.3. The molecule has 21 heavy (non-hydrogen) atoms. The third kappa shape index (κ3) is 4.12. The van der Waals surface area contributed by atoms with Gasteiger partial charge in [-0.15, -0.1) is 6.58 Å². The fourth-order valence-corrected chi connectivity index (χ4v) is 2.22. The molecule has 116 valence electrons. The van der Waals surface area contributed by atoms with Gasteiger partial charge in [0.1, 0.15) is 6.04 Å². The molecule has 6 heteroatoms. The van der Waals surface area contributed by atoms with Crippen LogP contribution in [0.5, 0.6) is 11.5 Å². The van der Waals surface area contributed by atoms with Crippen molar-refractivity contribution in [3.63, 3.8) is 0 Å². The van der Waals surface area contributed by atoms with Crippen molar-refractivity contribution in [3.05, 3.63) is 35.4 Å². The first-order valence-corrected chi connectivity index (χ1v) is 6.89. The van der Waals surface area contributed by atoms with Gasteiger partial charge in [0.05, 0.1) is 25.8 Å². The molecule has 1 N–H and O–H groups in total. The van der Waals surface area contributed by atoms with Crippen LogP contribution in [-0.2, 0) is 9.53 Å². The third-order valence-electron chi connectivity index (χ3n) is 2.81. The number of methoxy groups -OCH3 is 2. The van der Waals surface area contributed by atoms with Crippen LogP contribution in [0.1, 0.15) is 18.5 Å². The molecule has 1 rings (SSSR count). The van der Waals surface area contributed by atoms with Crippen molar-refractivity contribution in [2.45, 2.75) is 13.0 Å². The predicted octanol–water partition coefficient (Wildman–Crippen LogP) is 2.74. The minimum atomic E-state index is -0.699. The SMILES string of the molecule is C=CCNC(C(=O)OCC)c1ccc(OC)c(OC)c1Cl. The van der Waals surface area contributed by atoms with Crippen molar-refractivity contribution < 1.29 is 19.0 Å². The summed E-state index contributed by atoms with van der Waals surface area (Å²) in [7, 11) is 3.01. The number of nitrogens with one attached hydrogen (secondary N) is 1. The lowest BCUT2D eigenvalue weighted by atomic mass is 10.1. The van der Waals surface area contributed by atoms with E-state index in [4.69, 9.17) is 25.8 Å². The summed E-state index contributed by atoms with van der Waals surface area (Å²) in [5.74, 6) is 0.470. The molecule has 0 aliphatic rings. The summed E-state index contributed by atoms with van der Waals surface area (Å²) >= 11 is 6.33. The lowest BCUT2D eigenvalue weighted by Crippen LogP contribution is -2.30. The zero-order chi connectivity index (χ0) is 15.8. The highest BCUT2D eigenvalue weighted by Gasteiger charge is 2.26. The zero-order valence-electron chi connectivity index (χ0n) is 12.4. The highest BCUT2D eigenvalue weighted by Crippen LogP contribution is 2.39. The predicted molar refractivity (Wildman–Crippen MR) is 82.1 cm³/mol. The fraction of sp³-hybridized carbons (Fsp3) is 0.400. The van der Waals surface area contributed by atoms with Crippen LogP contribution in [0, 0.1) is 0 Å². The Morgan fingerprint density at radius 3 is 2.67 bits per heavy atom. The fourth-order valence-electron chi connectivity index (χ4n) is 1.87. The maximum Gasteiger partial charge on any atom is 0.327 e. The third-order valence-corrected chi connectivity index (χ3v) is 3.20. The topological polar surface area (TPSA) is 56.8 Å². The van der Waals surface area contributed by atoms with E-state index in [1.165, 1.54) is 14.2 Å². The Hall–Kier alpha value is -1.72. The van der Waals surface area contributed by atoms with Gasteiger partial charge in [-0.2, -0.15) is 0 Å². The number of hydrogen-bond donors (Lipinski definition) is 1. The van der Waals surface area contributed by atoms with E-state index < -0.39 is 12.0 Å². The number of ether oxygens (including phenoxy) is 3. The standard InChI is InChI=1S/C15H20ClNO4/c1-5-9-17-13(15(18)21-6-2)10-7-8-11(19-3)14(20-4)12(10)16/h5,7-8,13,17H,1,6,9H2,2-4H3. The lowest BCUT2D eigenvalue weighted by molar-refractivity contribution is -0.145. The van der Waals surface area contributed by atoms with E-state index in [0.29, 0.717) is 28.6 Å². The highest BCUT2D eigenvalue weighted by atomic mass is 35.5. The van der Waals surface area contributed by atoms with E-state index >= 15 is 0 Å². The van der Waals surface area contributed by atoms with Crippen LogP contribution in [0.25, 0.3) is 0 Å². The Morgan fingerprint density at radius 1 is 1.43 bits per heavy atom. The van der Waals surface area contributed by atoms with Gasteiger partial charge in [-0.1, -0.05) is 23.7 Å². The summed E-state index contributed by atoms with van der Waals surface area (Å²) in [6, 6.07) is 2.71. The molecule has 1 aromatic carbocycles. The number of hydrogen-bond acceptors (Lipinski definition) is 5. The van der Waals surface area contributed by atoms with Gasteiger partial charge in [-0.3, -0.25) is 5.32 Å². The Morgan fingerprint density at radius 2 is 2.14 bits per heavy atom. The van der Waals surface area contributed by atoms with Crippen molar-refractivity contribution >= 4 is 17.6 Å². The van der Waals surface area contributed by atoms with Crippen LogP contribution < -0.4 is 14.8 Å². The van der Waals surface area contributed by atoms with Crippen molar-refractivity contribution in [1.82, 2.24) is 5.32 Å². The van der Waals surface area contributed by atoms with Crippen LogP contribution >= 0.6 is 11.6 Å². The molecule has 0 aliphatic heterocycles. The van der Waals surface area contributed by atoms with Crippen LogP contribution in [0.15, 0.2) is 24.8 Å². The molecule has 1 atom stereocenters. The molecule has 0 spiro atoms. The van der Waals surface area contributed by atoms with Gasteiger partial charge < -0.3 is 14.2 Å². The maximum absolute atomic E-state index is 12.1. The number of esters is 1. The molecule has 1 aromatic rings. The molecule has 5 nitrogen and oxygen atoms in total. The van der Waals surface area contributed by atoms with Gasteiger partial charge in [-0.05, 0) is 13.0 Å². The molecule has 0 aromatic heterocycles. The lowest BCUT2D eigenvalue weighted by Gasteiger charge is -2.20. The summed E-state index contributed by atoms with van der Waals surface area (Å²) in [6.45, 7) is 6.10. The van der Waals surface area contributed by atoms with Crippen LogP contribution in [0.2, 0.25) is 5.02 Å². The highest BCUT2D eigenvalue weighted by molar-refractivity contribution is 6.33. The number of halogens is 1. The normalized spacial score (nSPS) is 11.6. The summed E-state index contributed by atoms with van der Waals surface area (Å²) in [6.07, 6.45) is 1.65. The smallest absolute Gasteiger partial charge is 0.327 e. The minimum absolute atomic E-state index is 0.288. The van der Waals surface area contributed by atoms with Gasteiger partial charge in [0.15, 0.2) is 11.5 Å². The van der Waals surface area contributed by atoms with E-state index in [9.17, 15) is 4.79 Å². The number of carbonyl (C=O) groups excluding carboxylic acids is 1. The van der Waals surface area contributed by atoms with Crippen molar-refractivity contribution in [2.24, 2.45) is 0 Å². The molecule has 0 fully saturated rings. The maximum atomic E-state index is 12.1. The average Bonchev–Trinajstić information content (AvgIpc) is 2.48. The Bertz CT molecular complexity index is 505. The summed E-state index contributed by atoms with van der Waals surface area (Å²) in [5, 5.41) is 3.34. The van der Waals surface area contributed by atoms with E-state index in [-0.39, 0.29) is 6.61 Å². The van der Waals surface area contributed by atoms with Crippen LogP contribution in [-0.4, -0.2) is 33.3 Å². The molecule has 0 saturated carbocycles. The van der Waals surface area contributed by atoms with Crippen LogP contribution in [0.3, 0.4) is 0 Å². The van der Waals surface area contributed by atoms with Gasteiger partial charge >= 0.3 is 5.97 Å². The van der Waals surface area contributed by atoms with Crippen molar-refractivity contribution in [2.75, 3.05) is 27.4 Å². The van der Waals surface area contributed by atoms with E-state index in [0.717, 1.165) is 0 Å². The molecule has 0 bridgehead atoms. The second-order valence-corrected chi connectivity index (χ2v) is 4.46. The van der Waals surface area contributed by atoms with E-state index in [1.54, 1.807) is 25.1 Å². The Labute approximate surface area is 129 Å². The second-order valence-electron chi connectivity index (χ2n) is 4.09. The zero-order valence-corrected chi connectivity index (χ0v) is 13.2. The summed E-state index contributed by atoms with van der Waals surface area (Å²) in [4.78, 5) is 12.1. The molecule has 0 radical (unpaired) electrons. The molecule has 0 amide bonds. The molecule has 0 saturated heterocycles. The largest absolute Gasteiger partial charge is 0.493 e. The molecule has 0 heterocycles. The van der Waals surface area contributed by atoms with E-state index in [2.05, 4.69) is 11.9 Å². The number of rotatable bonds is 8. The molecule has 0 aliphatic carbocycles. The Kier molecular flexibility index (Phi) is 7.05. The van der Waals surface area contributed by atoms with Gasteiger partial charge in [-0.25, -0.2) is 4.79 Å². The van der Waals surface area contributed by atoms with Crippen molar-refractivity contribution in [1.29, 1.82) is 0 Å².